The van der Waals surface area contributed by atoms with Crippen LogP contribution in [0.2, 0.25) is 0 Å². The first-order valence-corrected chi connectivity index (χ1v) is 11.5. The van der Waals surface area contributed by atoms with Gasteiger partial charge in [0.2, 0.25) is 0 Å². The number of fused-ring (bicyclic) bond motifs is 3. The first-order valence-electron chi connectivity index (χ1n) is 11.5. The Hall–Kier alpha value is -2.64. The van der Waals surface area contributed by atoms with E-state index < -0.39 is 0 Å². The maximum absolute atomic E-state index is 13.2. The van der Waals surface area contributed by atoms with Gasteiger partial charge >= 0.3 is 0 Å². The molecule has 0 radical (unpaired) electrons. The third kappa shape index (κ3) is 4.89. The number of nitrogens with one attached hydrogen (secondary N) is 1. The summed E-state index contributed by atoms with van der Waals surface area (Å²) in [6, 6.07) is 8.29. The molecule has 0 saturated carbocycles. The number of likely N-dealkylation sites (tertiary alicyclic amines) is 1. The van der Waals surface area contributed by atoms with Crippen molar-refractivity contribution in [2.24, 2.45) is 0 Å². The Morgan fingerprint density at radius 3 is 2.94 bits per heavy atom. The molecule has 1 N–H and O–H groups in total. The lowest BCUT2D eigenvalue weighted by atomic mass is 10.0. The maximum Gasteiger partial charge on any atom is 0.270 e. The Morgan fingerprint density at radius 2 is 2.16 bits per heavy atom. The highest BCUT2D eigenvalue weighted by Gasteiger charge is 2.24. The lowest BCUT2D eigenvalue weighted by molar-refractivity contribution is 0.0881. The first-order chi connectivity index (χ1) is 15.5. The van der Waals surface area contributed by atoms with Crippen molar-refractivity contribution in [1.29, 1.82) is 0 Å². The zero-order valence-electron chi connectivity index (χ0n) is 19.4. The molecule has 0 aliphatic carbocycles. The molecule has 3 heterocycles. The SMILES string of the molecule is COCCCOc1cc(C(=O)N[C@@H]2CCCN(C(C)C)C2)nc2c1ccc1cc(C)oc12. The largest absolute Gasteiger partial charge is 0.493 e. The highest BCUT2D eigenvalue weighted by molar-refractivity contribution is 6.06. The van der Waals surface area contributed by atoms with Crippen molar-refractivity contribution in [1.82, 2.24) is 15.2 Å². The second-order valence-electron chi connectivity index (χ2n) is 8.84. The molecule has 1 saturated heterocycles. The van der Waals surface area contributed by atoms with Gasteiger partial charge in [0.25, 0.3) is 5.91 Å². The molecule has 3 aromatic rings. The zero-order chi connectivity index (χ0) is 22.7. The van der Waals surface area contributed by atoms with Gasteiger partial charge < -0.3 is 19.2 Å². The molecule has 7 nitrogen and oxygen atoms in total. The third-order valence-corrected chi connectivity index (χ3v) is 6.05. The van der Waals surface area contributed by atoms with E-state index >= 15 is 0 Å². The van der Waals surface area contributed by atoms with Crippen molar-refractivity contribution in [2.75, 3.05) is 33.4 Å². The number of amides is 1. The van der Waals surface area contributed by atoms with Crippen LogP contribution in [-0.2, 0) is 4.74 Å². The Kier molecular flexibility index (Phi) is 6.96. The normalized spacial score (nSPS) is 17.3. The van der Waals surface area contributed by atoms with E-state index in [1.165, 1.54) is 0 Å². The van der Waals surface area contributed by atoms with Gasteiger partial charge in [-0.2, -0.15) is 0 Å². The lowest BCUT2D eigenvalue weighted by Crippen LogP contribution is -2.49. The summed E-state index contributed by atoms with van der Waals surface area (Å²) in [4.78, 5) is 20.3. The summed E-state index contributed by atoms with van der Waals surface area (Å²) in [5.74, 6) is 1.27. The number of hydrogen-bond donors (Lipinski definition) is 1. The van der Waals surface area contributed by atoms with Crippen LogP contribution in [0.3, 0.4) is 0 Å². The molecule has 1 fully saturated rings. The molecule has 0 spiro atoms. The van der Waals surface area contributed by atoms with Gasteiger partial charge in [0.1, 0.15) is 22.7 Å². The smallest absolute Gasteiger partial charge is 0.270 e. The average Bonchev–Trinajstić information content (AvgIpc) is 3.17. The van der Waals surface area contributed by atoms with Crippen LogP contribution >= 0.6 is 0 Å². The molecular formula is C25H33N3O4. The number of nitrogens with zero attached hydrogens (tertiary/aromatic N) is 2. The number of carbonyl (C=O) groups is 1. The summed E-state index contributed by atoms with van der Waals surface area (Å²) in [7, 11) is 1.67. The van der Waals surface area contributed by atoms with Crippen molar-refractivity contribution in [3.63, 3.8) is 0 Å². The molecule has 1 aliphatic rings. The van der Waals surface area contributed by atoms with Crippen molar-refractivity contribution in [2.45, 2.75) is 52.1 Å². The van der Waals surface area contributed by atoms with Gasteiger partial charge in [0.05, 0.1) is 6.61 Å². The van der Waals surface area contributed by atoms with Gasteiger partial charge in [-0.15, -0.1) is 0 Å². The fraction of sp³-hybridized carbons (Fsp3) is 0.520. The number of aryl methyl sites for hydroxylation is 1. The highest BCUT2D eigenvalue weighted by atomic mass is 16.5. The van der Waals surface area contributed by atoms with Gasteiger partial charge in [-0.1, -0.05) is 6.07 Å². The second kappa shape index (κ2) is 9.88. The van der Waals surface area contributed by atoms with Crippen molar-refractivity contribution in [3.05, 3.63) is 35.7 Å². The number of methoxy groups -OCH3 is 1. The summed E-state index contributed by atoms with van der Waals surface area (Å²) < 4.78 is 17.1. The summed E-state index contributed by atoms with van der Waals surface area (Å²) in [5.41, 5.74) is 1.68. The van der Waals surface area contributed by atoms with Crippen molar-refractivity contribution in [3.8, 4) is 5.75 Å². The van der Waals surface area contributed by atoms with Gasteiger partial charge in [-0.25, -0.2) is 4.98 Å². The van der Waals surface area contributed by atoms with Crippen LogP contribution in [0.4, 0.5) is 0 Å². The predicted molar refractivity (Wildman–Crippen MR) is 125 cm³/mol. The highest BCUT2D eigenvalue weighted by Crippen LogP contribution is 2.33. The molecule has 0 bridgehead atoms. The quantitative estimate of drug-likeness (QED) is 0.527. The molecule has 1 atom stereocenters. The van der Waals surface area contributed by atoms with Crippen LogP contribution in [-0.4, -0.2) is 61.3 Å². The molecule has 7 heteroatoms. The number of benzene rings is 1. The van der Waals surface area contributed by atoms with Gasteiger partial charge in [0, 0.05) is 55.6 Å². The number of aromatic nitrogens is 1. The van der Waals surface area contributed by atoms with Crippen molar-refractivity contribution >= 4 is 27.8 Å². The molecule has 4 rings (SSSR count). The van der Waals surface area contributed by atoms with E-state index in [1.807, 2.05) is 25.1 Å². The van der Waals surface area contributed by atoms with Crippen LogP contribution in [0, 0.1) is 6.92 Å². The van der Waals surface area contributed by atoms with Crippen LogP contribution in [0.5, 0.6) is 5.75 Å². The second-order valence-corrected chi connectivity index (χ2v) is 8.84. The Morgan fingerprint density at radius 1 is 1.31 bits per heavy atom. The van der Waals surface area contributed by atoms with E-state index in [-0.39, 0.29) is 11.9 Å². The number of piperidine rings is 1. The number of pyridine rings is 1. The molecule has 1 aromatic carbocycles. The molecule has 2 aromatic heterocycles. The number of rotatable bonds is 8. The van der Waals surface area contributed by atoms with Gasteiger partial charge in [-0.05, 0) is 52.3 Å². The summed E-state index contributed by atoms with van der Waals surface area (Å²) in [5, 5.41) is 4.99. The fourth-order valence-corrected chi connectivity index (χ4v) is 4.36. The maximum atomic E-state index is 13.2. The van der Waals surface area contributed by atoms with Crippen molar-refractivity contribution < 1.29 is 18.7 Å². The van der Waals surface area contributed by atoms with E-state index in [2.05, 4.69) is 24.1 Å². The topological polar surface area (TPSA) is 76.8 Å². The molecule has 0 unspecified atom stereocenters. The van der Waals surface area contributed by atoms with Gasteiger partial charge in [-0.3, -0.25) is 9.69 Å². The average molecular weight is 440 g/mol. The van der Waals surface area contributed by atoms with Crippen LogP contribution < -0.4 is 10.1 Å². The standard InChI is InChI=1S/C25H33N3O4/c1-16(2)28-10-5-7-19(15-28)26-25(29)21-14-22(31-12-6-11-30-4)20-9-8-18-13-17(3)32-24(18)23(20)27-21/h8-9,13-14,16,19H,5-7,10-12,15H2,1-4H3,(H,26,29)/t19-/m1/s1. The summed E-state index contributed by atoms with van der Waals surface area (Å²) in [6.07, 6.45) is 2.82. The monoisotopic (exact) mass is 439 g/mol. The lowest BCUT2D eigenvalue weighted by Gasteiger charge is -2.35. The third-order valence-electron chi connectivity index (χ3n) is 6.05. The molecule has 32 heavy (non-hydrogen) atoms. The van der Waals surface area contributed by atoms with Crippen LogP contribution in [0.1, 0.15) is 49.4 Å². The predicted octanol–water partition coefficient (Wildman–Crippen LogP) is 4.31. The van der Waals surface area contributed by atoms with E-state index in [9.17, 15) is 4.79 Å². The Labute approximate surface area is 189 Å². The van der Waals surface area contributed by atoms with E-state index in [1.54, 1.807) is 13.2 Å². The summed E-state index contributed by atoms with van der Waals surface area (Å²) in [6.45, 7) is 9.35. The minimum absolute atomic E-state index is 0.115. The molecule has 1 amide bonds. The number of hydrogen-bond acceptors (Lipinski definition) is 6. The van der Waals surface area contributed by atoms with E-state index in [0.29, 0.717) is 41.8 Å². The van der Waals surface area contributed by atoms with Crippen LogP contribution in [0.25, 0.3) is 21.9 Å². The van der Waals surface area contributed by atoms with E-state index in [4.69, 9.17) is 18.9 Å². The minimum atomic E-state index is -0.176. The Bertz CT molecular complexity index is 1090. The van der Waals surface area contributed by atoms with E-state index in [0.717, 1.165) is 48.9 Å². The molecule has 172 valence electrons. The number of carbonyl (C=O) groups excluding carboxylic acids is 1. The Balaban J connectivity index is 1.65. The fourth-order valence-electron chi connectivity index (χ4n) is 4.36. The minimum Gasteiger partial charge on any atom is -0.493 e. The summed E-state index contributed by atoms with van der Waals surface area (Å²) >= 11 is 0. The molecular weight excluding hydrogens is 406 g/mol. The number of ether oxygens (including phenoxy) is 2. The van der Waals surface area contributed by atoms with Gasteiger partial charge in [0.15, 0.2) is 5.58 Å². The first kappa shape index (κ1) is 22.6. The van der Waals surface area contributed by atoms with Crippen LogP contribution in [0.15, 0.2) is 28.7 Å². The number of furan rings is 1. The zero-order valence-corrected chi connectivity index (χ0v) is 19.4. The molecule has 1 aliphatic heterocycles.